The molecule has 30 heavy (non-hydrogen) atoms. The minimum atomic E-state index is -4.53. The van der Waals surface area contributed by atoms with Gasteiger partial charge in [-0.3, -0.25) is 4.79 Å². The number of halogens is 3. The zero-order chi connectivity index (χ0) is 21.3. The number of hydrogen-bond acceptors (Lipinski definition) is 5. The second-order valence-corrected chi connectivity index (χ2v) is 7.47. The van der Waals surface area contributed by atoms with Crippen molar-refractivity contribution in [1.82, 2.24) is 29.8 Å². The number of rotatable bonds is 5. The van der Waals surface area contributed by atoms with E-state index >= 15 is 0 Å². The highest BCUT2D eigenvalue weighted by molar-refractivity contribution is 5.96. The molecule has 3 aromatic rings. The molecule has 0 saturated heterocycles. The van der Waals surface area contributed by atoms with Gasteiger partial charge in [-0.25, -0.2) is 19.9 Å². The van der Waals surface area contributed by atoms with E-state index in [0.29, 0.717) is 17.1 Å². The number of alkyl halides is 3. The summed E-state index contributed by atoms with van der Waals surface area (Å²) in [5, 5.41) is 2.68. The summed E-state index contributed by atoms with van der Waals surface area (Å²) in [6, 6.07) is 2.97. The molecule has 0 aromatic carbocycles. The Kier molecular flexibility index (Phi) is 5.40. The van der Waals surface area contributed by atoms with Crippen LogP contribution in [0.4, 0.5) is 13.2 Å². The van der Waals surface area contributed by atoms with Gasteiger partial charge < -0.3 is 9.88 Å². The highest BCUT2D eigenvalue weighted by Gasteiger charge is 2.33. The first-order chi connectivity index (χ1) is 14.3. The molecule has 0 radical (unpaired) electrons. The summed E-state index contributed by atoms with van der Waals surface area (Å²) in [7, 11) is 0. The maximum Gasteiger partial charge on any atom is 0.433 e. The maximum atomic E-state index is 12.9. The lowest BCUT2D eigenvalue weighted by atomic mass is 10.2. The van der Waals surface area contributed by atoms with Crippen molar-refractivity contribution in [2.45, 2.75) is 51.2 Å². The molecule has 0 unspecified atom stereocenters. The van der Waals surface area contributed by atoms with Gasteiger partial charge in [0.05, 0.1) is 11.9 Å². The number of nitrogens with zero attached hydrogens (tertiary/aromatic N) is 5. The first kappa shape index (κ1) is 20.2. The van der Waals surface area contributed by atoms with Crippen LogP contribution in [0.25, 0.3) is 11.2 Å². The van der Waals surface area contributed by atoms with Crippen LogP contribution in [0.15, 0.2) is 24.7 Å². The van der Waals surface area contributed by atoms with Gasteiger partial charge in [-0.2, -0.15) is 13.2 Å². The normalized spacial score (nSPS) is 15.1. The minimum Gasteiger partial charge on any atom is -0.352 e. The molecule has 1 aliphatic rings. The number of aryl methyl sites for hydroxylation is 1. The van der Waals surface area contributed by atoms with Gasteiger partial charge in [0.1, 0.15) is 17.0 Å². The Balaban J connectivity index is 1.41. The predicted molar refractivity (Wildman–Crippen MR) is 103 cm³/mol. The molecule has 4 rings (SSSR count). The second kappa shape index (κ2) is 8.00. The first-order valence-corrected chi connectivity index (χ1v) is 9.84. The standard InChI is InChI=1S/C20H21F3N6O/c1-12-8-16(20(21,22)23)28-17(27-12)6-7-24-19(30)13-9-15-18(25-10-13)29(11-26-15)14-4-2-3-5-14/h8-11,14H,2-7H2,1H3,(H,24,30). The van der Waals surface area contributed by atoms with E-state index in [2.05, 4.69) is 29.8 Å². The van der Waals surface area contributed by atoms with E-state index in [1.165, 1.54) is 26.0 Å². The van der Waals surface area contributed by atoms with Crippen molar-refractivity contribution < 1.29 is 18.0 Å². The zero-order valence-corrected chi connectivity index (χ0v) is 16.4. The van der Waals surface area contributed by atoms with Crippen molar-refractivity contribution in [3.05, 3.63) is 47.4 Å². The van der Waals surface area contributed by atoms with Crippen LogP contribution >= 0.6 is 0 Å². The van der Waals surface area contributed by atoms with E-state index in [0.717, 1.165) is 24.6 Å². The van der Waals surface area contributed by atoms with Crippen LogP contribution in [0, 0.1) is 6.92 Å². The van der Waals surface area contributed by atoms with Gasteiger partial charge in [-0.15, -0.1) is 0 Å². The summed E-state index contributed by atoms with van der Waals surface area (Å²) in [6.07, 6.45) is 3.41. The predicted octanol–water partition coefficient (Wildman–Crippen LogP) is 3.64. The number of aromatic nitrogens is 5. The molecule has 3 heterocycles. The number of hydrogen-bond donors (Lipinski definition) is 1. The Bertz CT molecular complexity index is 1070. The Hall–Kier alpha value is -3.04. The summed E-state index contributed by atoms with van der Waals surface area (Å²) < 4.78 is 40.7. The van der Waals surface area contributed by atoms with Gasteiger partial charge >= 0.3 is 6.18 Å². The number of imidazole rings is 1. The Labute approximate surface area is 170 Å². The average Bonchev–Trinajstić information content (AvgIpc) is 3.35. The summed E-state index contributed by atoms with van der Waals surface area (Å²) in [4.78, 5) is 28.8. The largest absolute Gasteiger partial charge is 0.433 e. The molecule has 1 amide bonds. The molecule has 0 atom stereocenters. The van der Waals surface area contributed by atoms with Crippen LogP contribution in [0.3, 0.4) is 0 Å². The monoisotopic (exact) mass is 418 g/mol. The van der Waals surface area contributed by atoms with Gasteiger partial charge in [-0.1, -0.05) is 12.8 Å². The first-order valence-electron chi connectivity index (χ1n) is 9.84. The lowest BCUT2D eigenvalue weighted by Gasteiger charge is -2.11. The highest BCUT2D eigenvalue weighted by atomic mass is 19.4. The fourth-order valence-electron chi connectivity index (χ4n) is 3.77. The molecule has 1 aliphatic carbocycles. The molecule has 0 spiro atoms. The smallest absolute Gasteiger partial charge is 0.352 e. The van der Waals surface area contributed by atoms with E-state index in [1.807, 2.05) is 0 Å². The van der Waals surface area contributed by atoms with E-state index < -0.39 is 11.9 Å². The molecule has 1 saturated carbocycles. The quantitative estimate of drug-likeness (QED) is 0.684. The van der Waals surface area contributed by atoms with E-state index in [-0.39, 0.29) is 30.4 Å². The van der Waals surface area contributed by atoms with Crippen molar-refractivity contribution in [3.8, 4) is 0 Å². The molecular formula is C20H21F3N6O. The van der Waals surface area contributed by atoms with Crippen LogP contribution in [-0.2, 0) is 12.6 Å². The third kappa shape index (κ3) is 4.27. The maximum absolute atomic E-state index is 12.9. The van der Waals surface area contributed by atoms with Crippen molar-refractivity contribution in [1.29, 1.82) is 0 Å². The molecule has 1 N–H and O–H groups in total. The molecular weight excluding hydrogens is 397 g/mol. The number of amides is 1. The molecule has 3 aromatic heterocycles. The fourth-order valence-corrected chi connectivity index (χ4v) is 3.77. The molecule has 7 nitrogen and oxygen atoms in total. The lowest BCUT2D eigenvalue weighted by molar-refractivity contribution is -0.141. The Morgan fingerprint density at radius 3 is 2.70 bits per heavy atom. The number of pyridine rings is 1. The van der Waals surface area contributed by atoms with Gasteiger partial charge in [-0.05, 0) is 31.9 Å². The highest BCUT2D eigenvalue weighted by Crippen LogP contribution is 2.31. The van der Waals surface area contributed by atoms with Crippen LogP contribution in [0.1, 0.15) is 59.3 Å². The van der Waals surface area contributed by atoms with Crippen LogP contribution in [-0.4, -0.2) is 37.0 Å². The lowest BCUT2D eigenvalue weighted by Crippen LogP contribution is -2.26. The van der Waals surface area contributed by atoms with Gasteiger partial charge in [0.2, 0.25) is 0 Å². The molecule has 1 fully saturated rings. The van der Waals surface area contributed by atoms with Crippen molar-refractivity contribution in [2.24, 2.45) is 0 Å². The number of carbonyl (C=O) groups excluding carboxylic acids is 1. The third-order valence-electron chi connectivity index (χ3n) is 5.22. The number of fused-ring (bicyclic) bond motifs is 1. The number of nitrogens with one attached hydrogen (secondary N) is 1. The van der Waals surface area contributed by atoms with Crippen LogP contribution in [0.5, 0.6) is 0 Å². The fraction of sp³-hybridized carbons (Fsp3) is 0.450. The van der Waals surface area contributed by atoms with Crippen LogP contribution in [0.2, 0.25) is 0 Å². The van der Waals surface area contributed by atoms with Gasteiger partial charge in [0.25, 0.3) is 5.91 Å². The zero-order valence-electron chi connectivity index (χ0n) is 16.4. The summed E-state index contributed by atoms with van der Waals surface area (Å²) in [5.74, 6) is -0.338. The van der Waals surface area contributed by atoms with Crippen molar-refractivity contribution >= 4 is 17.1 Å². The second-order valence-electron chi connectivity index (χ2n) is 7.47. The molecule has 0 aliphatic heterocycles. The Morgan fingerprint density at radius 1 is 1.20 bits per heavy atom. The van der Waals surface area contributed by atoms with Crippen molar-refractivity contribution in [2.75, 3.05) is 6.54 Å². The van der Waals surface area contributed by atoms with E-state index in [1.54, 1.807) is 12.4 Å². The SMILES string of the molecule is Cc1cc(C(F)(F)F)nc(CCNC(=O)c2cnc3c(c2)ncn3C2CCCC2)n1. The van der Waals surface area contributed by atoms with E-state index in [4.69, 9.17) is 0 Å². The molecule has 10 heteroatoms. The van der Waals surface area contributed by atoms with Gasteiger partial charge in [0.15, 0.2) is 5.65 Å². The number of carbonyl (C=O) groups is 1. The van der Waals surface area contributed by atoms with Gasteiger partial charge in [0, 0.05) is 30.9 Å². The minimum absolute atomic E-state index is 0.0338. The summed E-state index contributed by atoms with van der Waals surface area (Å²) in [5.41, 5.74) is 0.993. The third-order valence-corrected chi connectivity index (χ3v) is 5.22. The summed E-state index contributed by atoms with van der Waals surface area (Å²) in [6.45, 7) is 1.58. The summed E-state index contributed by atoms with van der Waals surface area (Å²) >= 11 is 0. The van der Waals surface area contributed by atoms with E-state index in [9.17, 15) is 18.0 Å². The average molecular weight is 418 g/mol. The Morgan fingerprint density at radius 2 is 1.97 bits per heavy atom. The van der Waals surface area contributed by atoms with Crippen molar-refractivity contribution in [3.63, 3.8) is 0 Å². The van der Waals surface area contributed by atoms with Crippen LogP contribution < -0.4 is 5.32 Å². The topological polar surface area (TPSA) is 85.6 Å². The molecule has 0 bridgehead atoms. The molecule has 158 valence electrons.